The monoisotopic (exact) mass is 243 g/mol. The van der Waals surface area contributed by atoms with Crippen LogP contribution in [0.3, 0.4) is 0 Å². The number of hydrogen-bond acceptors (Lipinski definition) is 5. The molecule has 90 valence electrons. The maximum absolute atomic E-state index is 11.2. The van der Waals surface area contributed by atoms with Crippen LogP contribution in [0.15, 0.2) is 5.16 Å². The number of ether oxygens (including phenoxy) is 1. The molecule has 16 heavy (non-hydrogen) atoms. The van der Waals surface area contributed by atoms with Gasteiger partial charge in [-0.1, -0.05) is 25.6 Å². The molecular weight excluding hydrogens is 226 g/mol. The van der Waals surface area contributed by atoms with E-state index in [9.17, 15) is 4.79 Å². The summed E-state index contributed by atoms with van der Waals surface area (Å²) in [5, 5.41) is 8.86. The van der Waals surface area contributed by atoms with Crippen LogP contribution in [0, 0.1) is 0 Å². The minimum atomic E-state index is -0.221. The predicted octanol–water partition coefficient (Wildman–Crippen LogP) is 1.59. The van der Waals surface area contributed by atoms with E-state index in [2.05, 4.69) is 24.0 Å². The molecule has 6 heteroatoms. The lowest BCUT2D eigenvalue weighted by atomic mass is 10.2. The van der Waals surface area contributed by atoms with E-state index in [4.69, 9.17) is 4.74 Å². The van der Waals surface area contributed by atoms with E-state index in [1.807, 2.05) is 11.6 Å². The van der Waals surface area contributed by atoms with Gasteiger partial charge in [0.2, 0.25) is 0 Å². The Kier molecular flexibility index (Phi) is 4.79. The summed E-state index contributed by atoms with van der Waals surface area (Å²) in [4.78, 5) is 11.2. The molecule has 1 aromatic heterocycles. The van der Waals surface area contributed by atoms with Gasteiger partial charge in [-0.3, -0.25) is 4.79 Å². The van der Waals surface area contributed by atoms with E-state index in [-0.39, 0.29) is 11.7 Å². The third kappa shape index (κ3) is 3.23. The van der Waals surface area contributed by atoms with Crippen LogP contribution < -0.4 is 0 Å². The fourth-order valence-corrected chi connectivity index (χ4v) is 2.00. The third-order valence-electron chi connectivity index (χ3n) is 2.01. The van der Waals surface area contributed by atoms with Gasteiger partial charge in [0.15, 0.2) is 5.16 Å². The topological polar surface area (TPSA) is 57.0 Å². The molecule has 0 radical (unpaired) electrons. The Hall–Kier alpha value is -1.04. The molecule has 1 heterocycles. The second-order valence-electron chi connectivity index (χ2n) is 3.65. The maximum atomic E-state index is 11.2. The number of carbonyl (C=O) groups excluding carboxylic acids is 1. The van der Waals surface area contributed by atoms with Crippen molar-refractivity contribution < 1.29 is 9.53 Å². The van der Waals surface area contributed by atoms with Crippen LogP contribution in [0.5, 0.6) is 0 Å². The highest BCUT2D eigenvalue weighted by Gasteiger charge is 2.13. The van der Waals surface area contributed by atoms with Crippen molar-refractivity contribution in [3.8, 4) is 0 Å². The van der Waals surface area contributed by atoms with E-state index in [1.54, 1.807) is 6.92 Å². The van der Waals surface area contributed by atoms with Crippen LogP contribution in [-0.4, -0.2) is 33.1 Å². The standard InChI is InChI=1S/C10H17N3O2S/c1-5-15-8(14)6-16-10-12-11-9(7(2)3)13(10)4/h7H,5-6H2,1-4H3. The molecule has 0 aromatic carbocycles. The van der Waals surface area contributed by atoms with Crippen molar-refractivity contribution in [3.63, 3.8) is 0 Å². The van der Waals surface area contributed by atoms with E-state index >= 15 is 0 Å². The molecule has 0 unspecified atom stereocenters. The van der Waals surface area contributed by atoms with E-state index in [0.717, 1.165) is 11.0 Å². The Bertz CT molecular complexity index is 363. The van der Waals surface area contributed by atoms with Gasteiger partial charge in [0, 0.05) is 13.0 Å². The first-order chi connectivity index (χ1) is 7.56. The highest BCUT2D eigenvalue weighted by molar-refractivity contribution is 7.99. The average Bonchev–Trinajstić information content (AvgIpc) is 2.57. The van der Waals surface area contributed by atoms with Crippen molar-refractivity contribution in [3.05, 3.63) is 5.82 Å². The zero-order valence-corrected chi connectivity index (χ0v) is 10.9. The Morgan fingerprint density at radius 2 is 2.19 bits per heavy atom. The summed E-state index contributed by atoms with van der Waals surface area (Å²) in [7, 11) is 1.91. The summed E-state index contributed by atoms with van der Waals surface area (Å²) in [6.45, 7) is 6.32. The van der Waals surface area contributed by atoms with Gasteiger partial charge in [-0.05, 0) is 6.92 Å². The minimum Gasteiger partial charge on any atom is -0.465 e. The zero-order chi connectivity index (χ0) is 12.1. The largest absolute Gasteiger partial charge is 0.465 e. The van der Waals surface area contributed by atoms with E-state index in [1.165, 1.54) is 11.8 Å². The second kappa shape index (κ2) is 5.89. The van der Waals surface area contributed by atoms with Gasteiger partial charge in [0.25, 0.3) is 0 Å². The molecule has 0 fully saturated rings. The normalized spacial score (nSPS) is 10.8. The van der Waals surface area contributed by atoms with Crippen LogP contribution in [0.4, 0.5) is 0 Å². The molecule has 1 rings (SSSR count). The van der Waals surface area contributed by atoms with Crippen LogP contribution in [-0.2, 0) is 16.6 Å². The number of aromatic nitrogens is 3. The SMILES string of the molecule is CCOC(=O)CSc1nnc(C(C)C)n1C. The van der Waals surface area contributed by atoms with Crippen molar-refractivity contribution in [2.45, 2.75) is 31.8 Å². The molecule has 0 aliphatic carbocycles. The summed E-state index contributed by atoms with van der Waals surface area (Å²) in [6.07, 6.45) is 0. The molecule has 0 N–H and O–H groups in total. The van der Waals surface area contributed by atoms with Crippen molar-refractivity contribution in [1.29, 1.82) is 0 Å². The first kappa shape index (κ1) is 13.0. The quantitative estimate of drug-likeness (QED) is 0.580. The van der Waals surface area contributed by atoms with Gasteiger partial charge in [-0.2, -0.15) is 0 Å². The Morgan fingerprint density at radius 1 is 1.50 bits per heavy atom. The van der Waals surface area contributed by atoms with Crippen molar-refractivity contribution in [2.24, 2.45) is 7.05 Å². The number of hydrogen-bond donors (Lipinski definition) is 0. The van der Waals surface area contributed by atoms with Gasteiger partial charge in [-0.25, -0.2) is 0 Å². The summed E-state index contributed by atoms with van der Waals surface area (Å²) in [6, 6.07) is 0. The van der Waals surface area contributed by atoms with Crippen LogP contribution in [0.2, 0.25) is 0 Å². The van der Waals surface area contributed by atoms with E-state index in [0.29, 0.717) is 12.5 Å². The molecule has 5 nitrogen and oxygen atoms in total. The fourth-order valence-electron chi connectivity index (χ4n) is 1.28. The molecule has 0 saturated heterocycles. The summed E-state index contributed by atoms with van der Waals surface area (Å²) < 4.78 is 6.75. The molecule has 0 amide bonds. The second-order valence-corrected chi connectivity index (χ2v) is 4.59. The van der Waals surface area contributed by atoms with Gasteiger partial charge < -0.3 is 9.30 Å². The summed E-state index contributed by atoms with van der Waals surface area (Å²) >= 11 is 1.35. The lowest BCUT2D eigenvalue weighted by molar-refractivity contribution is -0.139. The smallest absolute Gasteiger partial charge is 0.316 e. The molecule has 0 saturated carbocycles. The Morgan fingerprint density at radius 3 is 2.69 bits per heavy atom. The molecule has 0 bridgehead atoms. The zero-order valence-electron chi connectivity index (χ0n) is 10.1. The molecule has 0 aliphatic rings. The minimum absolute atomic E-state index is 0.221. The number of thioether (sulfide) groups is 1. The Labute approximate surface area is 99.6 Å². The number of nitrogens with zero attached hydrogens (tertiary/aromatic N) is 3. The number of esters is 1. The maximum Gasteiger partial charge on any atom is 0.316 e. The predicted molar refractivity (Wildman–Crippen MR) is 62.4 cm³/mol. The van der Waals surface area contributed by atoms with Crippen molar-refractivity contribution in [2.75, 3.05) is 12.4 Å². The van der Waals surface area contributed by atoms with Gasteiger partial charge in [0.05, 0.1) is 12.4 Å². The van der Waals surface area contributed by atoms with Crippen molar-refractivity contribution >= 4 is 17.7 Å². The number of rotatable bonds is 5. The fraction of sp³-hybridized carbons (Fsp3) is 0.700. The van der Waals surface area contributed by atoms with E-state index < -0.39 is 0 Å². The molecule has 0 atom stereocenters. The van der Waals surface area contributed by atoms with Gasteiger partial charge in [-0.15, -0.1) is 10.2 Å². The molecule has 0 aliphatic heterocycles. The van der Waals surface area contributed by atoms with Gasteiger partial charge >= 0.3 is 5.97 Å². The summed E-state index contributed by atoms with van der Waals surface area (Å²) in [5.74, 6) is 1.31. The van der Waals surface area contributed by atoms with Crippen molar-refractivity contribution in [1.82, 2.24) is 14.8 Å². The lowest BCUT2D eigenvalue weighted by Gasteiger charge is -2.05. The lowest BCUT2D eigenvalue weighted by Crippen LogP contribution is -2.08. The van der Waals surface area contributed by atoms with Crippen LogP contribution in [0.1, 0.15) is 32.5 Å². The average molecular weight is 243 g/mol. The summed E-state index contributed by atoms with van der Waals surface area (Å²) in [5.41, 5.74) is 0. The highest BCUT2D eigenvalue weighted by atomic mass is 32.2. The molecule has 1 aromatic rings. The van der Waals surface area contributed by atoms with Crippen LogP contribution >= 0.6 is 11.8 Å². The first-order valence-electron chi connectivity index (χ1n) is 5.24. The highest BCUT2D eigenvalue weighted by Crippen LogP contribution is 2.19. The Balaban J connectivity index is 2.58. The molecule has 0 spiro atoms. The third-order valence-corrected chi connectivity index (χ3v) is 3.00. The number of carbonyl (C=O) groups is 1. The van der Waals surface area contributed by atoms with Crippen LogP contribution in [0.25, 0.3) is 0 Å². The van der Waals surface area contributed by atoms with Gasteiger partial charge in [0.1, 0.15) is 5.82 Å². The first-order valence-corrected chi connectivity index (χ1v) is 6.22. The molecular formula is C10H17N3O2S.